The number of hydrogen-bond acceptors (Lipinski definition) is 5. The topological polar surface area (TPSA) is 103 Å². The van der Waals surface area contributed by atoms with Crippen LogP contribution in [0.4, 0.5) is 21.6 Å². The minimum absolute atomic E-state index is 0.198. The fourth-order valence-electron chi connectivity index (χ4n) is 3.95. The Labute approximate surface area is 170 Å². The van der Waals surface area contributed by atoms with Crippen LogP contribution in [-0.4, -0.2) is 15.9 Å². The first-order valence-corrected chi connectivity index (χ1v) is 10.2. The Morgan fingerprint density at radius 1 is 1.34 bits per heavy atom. The second-order valence-corrected chi connectivity index (χ2v) is 9.16. The molecule has 2 heterocycles. The third-order valence-electron chi connectivity index (χ3n) is 6.02. The van der Waals surface area contributed by atoms with Crippen LogP contribution < -0.4 is 16.4 Å². The minimum Gasteiger partial charge on any atom is -0.402 e. The highest BCUT2D eigenvalue weighted by atomic mass is 19.1. The molecular formula is C22H29FN6. The number of benzene rings is 1. The summed E-state index contributed by atoms with van der Waals surface area (Å²) in [4.78, 5) is 0. The molecule has 1 fully saturated rings. The summed E-state index contributed by atoms with van der Waals surface area (Å²) in [6.45, 7) is 6.63. The Morgan fingerprint density at radius 3 is 2.83 bits per heavy atom. The van der Waals surface area contributed by atoms with Crippen molar-refractivity contribution in [1.29, 1.82) is 5.41 Å². The van der Waals surface area contributed by atoms with Crippen molar-refractivity contribution in [2.45, 2.75) is 52.5 Å². The van der Waals surface area contributed by atoms with E-state index >= 15 is 0 Å². The number of rotatable bonds is 5. The van der Waals surface area contributed by atoms with Crippen molar-refractivity contribution in [3.63, 3.8) is 0 Å². The molecule has 0 amide bonds. The van der Waals surface area contributed by atoms with E-state index in [1.165, 1.54) is 0 Å². The molecule has 1 saturated carbocycles. The van der Waals surface area contributed by atoms with Crippen molar-refractivity contribution in [3.05, 3.63) is 47.0 Å². The van der Waals surface area contributed by atoms with Gasteiger partial charge in [0.1, 0.15) is 0 Å². The molecule has 0 bridgehead atoms. The van der Waals surface area contributed by atoms with Crippen LogP contribution in [0, 0.1) is 22.6 Å². The molecular weight excluding hydrogens is 367 g/mol. The number of nitrogens with zero attached hydrogens (tertiary/aromatic N) is 1. The second-order valence-electron chi connectivity index (χ2n) is 9.16. The normalized spacial score (nSPS) is 21.3. The van der Waals surface area contributed by atoms with E-state index in [4.69, 9.17) is 11.1 Å². The Kier molecular flexibility index (Phi) is 4.84. The van der Waals surface area contributed by atoms with Gasteiger partial charge in [-0.2, -0.15) is 5.10 Å². The van der Waals surface area contributed by atoms with Gasteiger partial charge < -0.3 is 21.8 Å². The number of halogens is 1. The molecule has 2 aliphatic rings. The maximum Gasteiger partial charge on any atom is 0.153 e. The van der Waals surface area contributed by atoms with Crippen molar-refractivity contribution >= 4 is 22.9 Å². The van der Waals surface area contributed by atoms with Crippen molar-refractivity contribution in [2.75, 3.05) is 10.6 Å². The number of aromatic nitrogens is 2. The molecule has 29 heavy (non-hydrogen) atoms. The predicted octanol–water partition coefficient (Wildman–Crippen LogP) is 5.01. The molecule has 6 N–H and O–H groups in total. The molecule has 6 nitrogen and oxygen atoms in total. The Balaban J connectivity index is 1.41. The van der Waals surface area contributed by atoms with E-state index in [0.717, 1.165) is 36.3 Å². The van der Waals surface area contributed by atoms with E-state index in [9.17, 15) is 4.39 Å². The number of fused-ring (bicyclic) bond motifs is 1. The fourth-order valence-corrected chi connectivity index (χ4v) is 3.95. The predicted molar refractivity (Wildman–Crippen MR) is 115 cm³/mol. The first-order chi connectivity index (χ1) is 13.7. The molecule has 0 radical (unpaired) electrons. The van der Waals surface area contributed by atoms with Gasteiger partial charge >= 0.3 is 0 Å². The van der Waals surface area contributed by atoms with Crippen LogP contribution in [0.5, 0.6) is 0 Å². The van der Waals surface area contributed by atoms with E-state index in [2.05, 4.69) is 20.8 Å². The Morgan fingerprint density at radius 2 is 2.14 bits per heavy atom. The summed E-state index contributed by atoms with van der Waals surface area (Å²) in [6, 6.07) is 5.57. The second kappa shape index (κ2) is 7.21. The van der Waals surface area contributed by atoms with Gasteiger partial charge in [0.2, 0.25) is 0 Å². The summed E-state index contributed by atoms with van der Waals surface area (Å²) in [5, 5.41) is 21.8. The molecule has 154 valence electrons. The molecule has 1 aliphatic heterocycles. The van der Waals surface area contributed by atoms with Gasteiger partial charge in [0, 0.05) is 52.3 Å². The Hall–Kier alpha value is -2.83. The fraction of sp³-hybridized carbons (Fsp3) is 0.455. The highest BCUT2D eigenvalue weighted by Crippen LogP contribution is 2.41. The zero-order valence-corrected chi connectivity index (χ0v) is 17.2. The van der Waals surface area contributed by atoms with Crippen molar-refractivity contribution in [2.24, 2.45) is 17.1 Å². The van der Waals surface area contributed by atoms with Crippen LogP contribution in [-0.2, 0) is 6.54 Å². The number of anilines is 3. The van der Waals surface area contributed by atoms with E-state index in [-0.39, 0.29) is 17.2 Å². The number of aromatic amines is 1. The van der Waals surface area contributed by atoms with E-state index in [1.54, 1.807) is 6.07 Å². The lowest BCUT2D eigenvalue weighted by atomic mass is 9.88. The van der Waals surface area contributed by atoms with Crippen LogP contribution in [0.1, 0.15) is 57.2 Å². The molecule has 1 aromatic carbocycles. The Bertz CT molecular complexity index is 968. The number of nitrogens with two attached hydrogens (primary N) is 1. The molecule has 1 aromatic heterocycles. The minimum atomic E-state index is -0.217. The molecule has 4 rings (SSSR count). The van der Waals surface area contributed by atoms with Gasteiger partial charge in [-0.1, -0.05) is 20.8 Å². The van der Waals surface area contributed by atoms with E-state index in [0.29, 0.717) is 35.2 Å². The highest BCUT2D eigenvalue weighted by molar-refractivity contribution is 5.96. The number of H-pyrrole nitrogens is 1. The molecule has 2 atom stereocenters. The summed E-state index contributed by atoms with van der Waals surface area (Å²) in [5.41, 5.74) is 10.5. The average Bonchev–Trinajstić information content (AvgIpc) is 3.27. The van der Waals surface area contributed by atoms with Crippen molar-refractivity contribution < 1.29 is 4.39 Å². The largest absolute Gasteiger partial charge is 0.402 e. The highest BCUT2D eigenvalue weighted by Gasteiger charge is 2.29. The molecule has 1 aliphatic carbocycles. The van der Waals surface area contributed by atoms with Crippen molar-refractivity contribution in [3.8, 4) is 0 Å². The third-order valence-corrected chi connectivity index (χ3v) is 6.02. The van der Waals surface area contributed by atoms with E-state index in [1.807, 2.05) is 39.0 Å². The van der Waals surface area contributed by atoms with Crippen molar-refractivity contribution in [1.82, 2.24) is 10.2 Å². The zero-order valence-electron chi connectivity index (χ0n) is 17.2. The number of nitrogens with one attached hydrogen (secondary N) is 4. The average molecular weight is 397 g/mol. The SMILES string of the molecule is CC(C)(C)C(=N)/C=C(\N)C1CCC(c2cc(Nc3ccc4c(c3F)CN4)n[nH]2)C1. The lowest BCUT2D eigenvalue weighted by Crippen LogP contribution is -2.20. The number of hydrogen-bond donors (Lipinski definition) is 5. The lowest BCUT2D eigenvalue weighted by Gasteiger charge is -2.23. The van der Waals surface area contributed by atoms with Crippen LogP contribution in [0.2, 0.25) is 0 Å². The maximum absolute atomic E-state index is 14.5. The van der Waals surface area contributed by atoms with Crippen LogP contribution >= 0.6 is 0 Å². The standard InChI is InChI=1S/C22H29FN6/c1-22(2,3)19(25)9-15(24)12-4-5-13(8-12)18-10-20(29-28-18)27-17-7-6-16-14(11-26-16)21(17)23/h6-7,9-10,12-13,25-26H,4-5,8,11,24H2,1-3H3,(H2,27,28,29)/b15-9-,25-19?. The number of allylic oxidation sites excluding steroid dienone is 2. The first-order valence-electron chi connectivity index (χ1n) is 10.2. The molecule has 0 spiro atoms. The molecule has 2 unspecified atom stereocenters. The smallest absolute Gasteiger partial charge is 0.153 e. The molecule has 7 heteroatoms. The van der Waals surface area contributed by atoms with Gasteiger partial charge in [0.05, 0.1) is 5.69 Å². The van der Waals surface area contributed by atoms with Gasteiger partial charge in [-0.15, -0.1) is 0 Å². The van der Waals surface area contributed by atoms with Gasteiger partial charge in [-0.25, -0.2) is 4.39 Å². The summed E-state index contributed by atoms with van der Waals surface area (Å²) in [6.07, 6.45) is 4.78. The summed E-state index contributed by atoms with van der Waals surface area (Å²) in [5.74, 6) is 1.02. The molecule has 0 saturated heterocycles. The monoisotopic (exact) mass is 396 g/mol. The summed E-state index contributed by atoms with van der Waals surface area (Å²) < 4.78 is 14.5. The van der Waals surface area contributed by atoms with Crippen LogP contribution in [0.15, 0.2) is 30.0 Å². The quantitative estimate of drug-likeness (QED) is 0.458. The van der Waals surface area contributed by atoms with Gasteiger partial charge in [-0.3, -0.25) is 5.10 Å². The third kappa shape index (κ3) is 3.86. The van der Waals surface area contributed by atoms with E-state index < -0.39 is 0 Å². The summed E-state index contributed by atoms with van der Waals surface area (Å²) >= 11 is 0. The zero-order chi connectivity index (χ0) is 20.8. The van der Waals surface area contributed by atoms with Gasteiger partial charge in [-0.05, 0) is 43.4 Å². The van der Waals surface area contributed by atoms with Gasteiger partial charge in [0.15, 0.2) is 11.6 Å². The maximum atomic E-state index is 14.5. The molecule has 2 aromatic rings. The lowest BCUT2D eigenvalue weighted by molar-refractivity contribution is 0.584. The summed E-state index contributed by atoms with van der Waals surface area (Å²) in [7, 11) is 0. The first kappa shape index (κ1) is 19.5. The van der Waals surface area contributed by atoms with Crippen LogP contribution in [0.3, 0.4) is 0 Å². The van der Waals surface area contributed by atoms with Crippen LogP contribution in [0.25, 0.3) is 0 Å². The van der Waals surface area contributed by atoms with Gasteiger partial charge in [0.25, 0.3) is 0 Å².